The minimum Gasteiger partial charge on any atom is -0.330 e. The number of hydrogen-bond acceptors (Lipinski definition) is 5. The Balaban J connectivity index is 1.59. The summed E-state index contributed by atoms with van der Waals surface area (Å²) in [7, 11) is 0. The van der Waals surface area contributed by atoms with Crippen LogP contribution in [0.3, 0.4) is 0 Å². The highest BCUT2D eigenvalue weighted by Crippen LogP contribution is 2.37. The number of fused-ring (bicyclic) bond motifs is 1. The van der Waals surface area contributed by atoms with E-state index in [1.165, 1.54) is 9.80 Å². The van der Waals surface area contributed by atoms with Gasteiger partial charge in [-0.1, -0.05) is 18.2 Å². The Morgan fingerprint density at radius 2 is 1.94 bits per heavy atom. The van der Waals surface area contributed by atoms with Gasteiger partial charge >= 0.3 is 6.18 Å². The van der Waals surface area contributed by atoms with Crippen molar-refractivity contribution >= 4 is 17.7 Å². The normalized spacial score (nSPS) is 27.4. The van der Waals surface area contributed by atoms with Crippen LogP contribution >= 0.6 is 0 Å². The van der Waals surface area contributed by atoms with Gasteiger partial charge in [0.25, 0.3) is 5.91 Å². The number of nitrogens with two attached hydrogens (primary N) is 1. The smallest absolute Gasteiger partial charge is 0.330 e. The van der Waals surface area contributed by atoms with Gasteiger partial charge in [0.2, 0.25) is 11.8 Å². The van der Waals surface area contributed by atoms with E-state index in [0.29, 0.717) is 29.5 Å². The first-order chi connectivity index (χ1) is 14.7. The molecule has 0 bridgehead atoms. The lowest BCUT2D eigenvalue weighted by atomic mass is 9.88. The largest absolute Gasteiger partial charge is 0.404 e. The second-order valence-corrected chi connectivity index (χ2v) is 8.45. The van der Waals surface area contributed by atoms with Gasteiger partial charge in [-0.2, -0.15) is 13.2 Å². The van der Waals surface area contributed by atoms with E-state index in [2.05, 4.69) is 5.32 Å². The standard InChI is InChI=1S/C21H25F3N4O3/c22-21(23,24)18-12(9-25)5-2-8-27(18)10-13-3-1-4-14-11-28(20(31)17(13)14)15-6-7-16(29)26-19(15)30/h1,3-4,12,15,18H,2,5-11,25H2,(H,26,29,30)/t12-,15?,18-/m0/s1. The highest BCUT2D eigenvalue weighted by molar-refractivity contribution is 6.05. The van der Waals surface area contributed by atoms with Crippen molar-refractivity contribution in [2.45, 2.75) is 57.0 Å². The van der Waals surface area contributed by atoms with E-state index in [1.54, 1.807) is 18.2 Å². The molecule has 4 rings (SSSR count). The van der Waals surface area contributed by atoms with Crippen molar-refractivity contribution in [1.29, 1.82) is 0 Å². The molecule has 0 radical (unpaired) electrons. The Hall–Kier alpha value is -2.46. The fourth-order valence-electron chi connectivity index (χ4n) is 5.09. The molecule has 1 aromatic rings. The maximum Gasteiger partial charge on any atom is 0.404 e. The molecule has 0 aliphatic carbocycles. The van der Waals surface area contributed by atoms with Crippen molar-refractivity contribution in [2.24, 2.45) is 11.7 Å². The fraction of sp³-hybridized carbons (Fsp3) is 0.571. The summed E-state index contributed by atoms with van der Waals surface area (Å²) in [6.07, 6.45) is -3.00. The quantitative estimate of drug-likeness (QED) is 0.696. The van der Waals surface area contributed by atoms with Crippen LogP contribution in [0.2, 0.25) is 0 Å². The lowest BCUT2D eigenvalue weighted by molar-refractivity contribution is -0.206. The third-order valence-electron chi connectivity index (χ3n) is 6.51. The zero-order chi connectivity index (χ0) is 22.3. The monoisotopic (exact) mass is 438 g/mol. The molecule has 1 aromatic carbocycles. The van der Waals surface area contributed by atoms with E-state index in [1.807, 2.05) is 0 Å². The lowest BCUT2D eigenvalue weighted by Gasteiger charge is -2.42. The number of alkyl halides is 3. The average Bonchev–Trinajstić information content (AvgIpc) is 3.04. The molecule has 0 aromatic heterocycles. The maximum atomic E-state index is 13.8. The van der Waals surface area contributed by atoms with Gasteiger partial charge in [0, 0.05) is 25.1 Å². The Labute approximate surface area is 177 Å². The summed E-state index contributed by atoms with van der Waals surface area (Å²) in [5, 5.41) is 2.25. The summed E-state index contributed by atoms with van der Waals surface area (Å²) < 4.78 is 41.5. The van der Waals surface area contributed by atoms with Crippen LogP contribution in [0.4, 0.5) is 13.2 Å². The Morgan fingerprint density at radius 1 is 1.16 bits per heavy atom. The van der Waals surface area contributed by atoms with E-state index in [4.69, 9.17) is 5.73 Å². The van der Waals surface area contributed by atoms with E-state index >= 15 is 0 Å². The molecular formula is C21H25F3N4O3. The molecule has 1 unspecified atom stereocenters. The van der Waals surface area contributed by atoms with Crippen molar-refractivity contribution in [3.63, 3.8) is 0 Å². The van der Waals surface area contributed by atoms with E-state index < -0.39 is 30.1 Å². The van der Waals surface area contributed by atoms with E-state index in [-0.39, 0.29) is 50.8 Å². The first kappa shape index (κ1) is 21.8. The molecule has 10 heteroatoms. The van der Waals surface area contributed by atoms with Gasteiger partial charge in [-0.25, -0.2) is 0 Å². The average molecular weight is 438 g/mol. The topological polar surface area (TPSA) is 95.7 Å². The number of rotatable bonds is 4. The van der Waals surface area contributed by atoms with Crippen LogP contribution in [0.15, 0.2) is 18.2 Å². The van der Waals surface area contributed by atoms with Crippen molar-refractivity contribution < 1.29 is 27.6 Å². The zero-order valence-corrected chi connectivity index (χ0v) is 17.0. The number of hydrogen-bond donors (Lipinski definition) is 2. The summed E-state index contributed by atoms with van der Waals surface area (Å²) in [6.45, 7) is 0.409. The minimum atomic E-state index is -4.41. The summed E-state index contributed by atoms with van der Waals surface area (Å²) >= 11 is 0. The number of amides is 3. The minimum absolute atomic E-state index is 0.0151. The predicted molar refractivity (Wildman–Crippen MR) is 105 cm³/mol. The molecule has 2 saturated heterocycles. The maximum absolute atomic E-state index is 13.8. The second-order valence-electron chi connectivity index (χ2n) is 8.45. The Bertz CT molecular complexity index is 904. The molecule has 2 fully saturated rings. The lowest BCUT2D eigenvalue weighted by Crippen LogP contribution is -2.55. The van der Waals surface area contributed by atoms with Crippen molar-refractivity contribution in [3.8, 4) is 0 Å². The van der Waals surface area contributed by atoms with Crippen LogP contribution in [0, 0.1) is 5.92 Å². The van der Waals surface area contributed by atoms with Crippen LogP contribution in [0.25, 0.3) is 0 Å². The fourth-order valence-corrected chi connectivity index (χ4v) is 5.09. The highest BCUT2D eigenvalue weighted by Gasteiger charge is 2.49. The molecule has 3 aliphatic rings. The van der Waals surface area contributed by atoms with Gasteiger partial charge in [-0.3, -0.25) is 24.6 Å². The molecule has 31 heavy (non-hydrogen) atoms. The van der Waals surface area contributed by atoms with E-state index in [0.717, 1.165) is 0 Å². The molecule has 3 N–H and O–H groups in total. The van der Waals surface area contributed by atoms with E-state index in [9.17, 15) is 27.6 Å². The van der Waals surface area contributed by atoms with Crippen LogP contribution < -0.4 is 11.1 Å². The number of halogens is 3. The Morgan fingerprint density at radius 3 is 2.61 bits per heavy atom. The number of carbonyl (C=O) groups is 3. The number of likely N-dealkylation sites (tertiary alicyclic amines) is 1. The third kappa shape index (κ3) is 4.06. The van der Waals surface area contributed by atoms with Crippen LogP contribution in [0.5, 0.6) is 0 Å². The van der Waals surface area contributed by atoms with Gasteiger partial charge in [-0.15, -0.1) is 0 Å². The van der Waals surface area contributed by atoms with Crippen LogP contribution in [-0.4, -0.2) is 58.9 Å². The van der Waals surface area contributed by atoms with Gasteiger partial charge in [0.15, 0.2) is 0 Å². The van der Waals surface area contributed by atoms with Gasteiger partial charge < -0.3 is 10.6 Å². The SMILES string of the molecule is NC[C@@H]1CCCN(Cc2cccc3c2C(=O)N(C2CCC(=O)NC2=O)C3)[C@@H]1C(F)(F)F. The molecule has 168 valence electrons. The highest BCUT2D eigenvalue weighted by atomic mass is 19.4. The molecule has 7 nitrogen and oxygen atoms in total. The summed E-state index contributed by atoms with van der Waals surface area (Å²) in [4.78, 5) is 39.6. The summed E-state index contributed by atoms with van der Waals surface area (Å²) in [6, 6.07) is 2.74. The van der Waals surface area contributed by atoms with Gasteiger partial charge in [0.1, 0.15) is 12.1 Å². The van der Waals surface area contributed by atoms with Crippen molar-refractivity contribution in [3.05, 3.63) is 34.9 Å². The second kappa shape index (κ2) is 8.23. The number of benzene rings is 1. The van der Waals surface area contributed by atoms with Crippen molar-refractivity contribution in [2.75, 3.05) is 13.1 Å². The molecule has 0 saturated carbocycles. The number of nitrogens with zero attached hydrogens (tertiary/aromatic N) is 2. The third-order valence-corrected chi connectivity index (χ3v) is 6.51. The molecule has 3 amide bonds. The molecular weight excluding hydrogens is 413 g/mol. The molecule has 3 aliphatic heterocycles. The molecule has 3 atom stereocenters. The molecule has 0 spiro atoms. The zero-order valence-electron chi connectivity index (χ0n) is 17.0. The number of piperidine rings is 2. The van der Waals surface area contributed by atoms with Crippen LogP contribution in [0.1, 0.15) is 47.2 Å². The van der Waals surface area contributed by atoms with Crippen molar-refractivity contribution in [1.82, 2.24) is 15.1 Å². The predicted octanol–water partition coefficient (Wildman–Crippen LogP) is 1.55. The van der Waals surface area contributed by atoms with Gasteiger partial charge in [0.05, 0.1) is 0 Å². The first-order valence-corrected chi connectivity index (χ1v) is 10.5. The first-order valence-electron chi connectivity index (χ1n) is 10.5. The molecule has 3 heterocycles. The number of carbonyl (C=O) groups excluding carboxylic acids is 3. The number of imide groups is 1. The Kier molecular flexibility index (Phi) is 5.78. The summed E-state index contributed by atoms with van der Waals surface area (Å²) in [5.74, 6) is -1.95. The van der Waals surface area contributed by atoms with Gasteiger partial charge in [-0.05, 0) is 49.4 Å². The number of nitrogens with one attached hydrogen (secondary N) is 1. The van der Waals surface area contributed by atoms with Crippen LogP contribution in [-0.2, 0) is 22.7 Å². The summed E-state index contributed by atoms with van der Waals surface area (Å²) in [5.41, 5.74) is 7.20.